The third-order valence-corrected chi connectivity index (χ3v) is 9.63. The van der Waals surface area contributed by atoms with Crippen molar-refractivity contribution in [2.45, 2.75) is 48.8 Å². The average molecular weight is 585 g/mol. The molecular weight excluding hydrogens is 556 g/mol. The van der Waals surface area contributed by atoms with E-state index in [-0.39, 0.29) is 29.6 Å². The van der Waals surface area contributed by atoms with Gasteiger partial charge < -0.3 is 29.3 Å². The van der Waals surface area contributed by atoms with Crippen LogP contribution in [0.2, 0.25) is 0 Å². The van der Waals surface area contributed by atoms with Crippen LogP contribution in [0, 0.1) is 11.1 Å². The standard InChI is InChI=1S/C27H28N4O9S/c1-38-18-7-8-22-17(13-18)14-24(39-22)40-27(34)28-19(12-16-5-6-16)26(33)29-11-9-20-25(29)21(32)15-31(20)41(36,37)23-4-2-3-10-30(23)35/h2-4,7-8,10,13-14,16,19-20,25H,5-6,9,11-12,15H2,1H3,(H,28,34). The number of carbonyl (C=O) groups excluding carboxylic acids is 3. The highest BCUT2D eigenvalue weighted by atomic mass is 32.2. The summed E-state index contributed by atoms with van der Waals surface area (Å²) >= 11 is 0. The number of methoxy groups -OCH3 is 1. The molecule has 2 amide bonds. The van der Waals surface area contributed by atoms with Crippen molar-refractivity contribution in [2.24, 2.45) is 5.92 Å². The highest BCUT2D eigenvalue weighted by Crippen LogP contribution is 2.37. The molecule has 2 saturated heterocycles. The largest absolute Gasteiger partial charge is 0.618 e. The number of nitrogens with one attached hydrogen (secondary N) is 1. The quantitative estimate of drug-likeness (QED) is 0.306. The van der Waals surface area contributed by atoms with Crippen molar-refractivity contribution in [3.8, 4) is 11.7 Å². The first-order valence-corrected chi connectivity index (χ1v) is 14.7. The van der Waals surface area contributed by atoms with Gasteiger partial charge in [0.25, 0.3) is 5.95 Å². The lowest BCUT2D eigenvalue weighted by Crippen LogP contribution is -2.53. The summed E-state index contributed by atoms with van der Waals surface area (Å²) in [5, 5.41) is 15.0. The molecule has 216 valence electrons. The van der Waals surface area contributed by atoms with Crippen LogP contribution in [0.25, 0.3) is 11.0 Å². The minimum absolute atomic E-state index is 0.0621. The van der Waals surface area contributed by atoms with Gasteiger partial charge in [-0.15, -0.1) is 0 Å². The SMILES string of the molecule is COc1ccc2oc(OC(=O)NC(CC3CC3)C(=O)N3CCC4C3C(=O)CN4S(=O)(=O)c3cccc[n+]3[O-])cc2c1. The first-order chi connectivity index (χ1) is 19.7. The predicted octanol–water partition coefficient (Wildman–Crippen LogP) is 1.57. The molecule has 0 spiro atoms. The summed E-state index contributed by atoms with van der Waals surface area (Å²) in [4.78, 5) is 41.0. The molecule has 13 nitrogen and oxygen atoms in total. The van der Waals surface area contributed by atoms with Gasteiger partial charge in [0.05, 0.1) is 19.7 Å². The molecule has 3 aromatic rings. The van der Waals surface area contributed by atoms with Gasteiger partial charge in [0, 0.05) is 30.1 Å². The van der Waals surface area contributed by atoms with Gasteiger partial charge in [0.15, 0.2) is 12.0 Å². The Kier molecular flexibility index (Phi) is 6.82. The van der Waals surface area contributed by atoms with Crippen molar-refractivity contribution in [2.75, 3.05) is 20.2 Å². The average Bonchev–Trinajstić information content (AvgIpc) is 3.36. The Bertz CT molecular complexity index is 1630. The Morgan fingerprint density at radius 3 is 2.73 bits per heavy atom. The maximum atomic E-state index is 13.7. The Morgan fingerprint density at radius 2 is 2.00 bits per heavy atom. The third-order valence-electron chi connectivity index (χ3n) is 7.77. The van der Waals surface area contributed by atoms with Crippen molar-refractivity contribution in [3.63, 3.8) is 0 Å². The topological polar surface area (TPSA) is 162 Å². The minimum Gasteiger partial charge on any atom is -0.618 e. The van der Waals surface area contributed by atoms with Crippen LogP contribution in [0.4, 0.5) is 4.79 Å². The molecule has 2 aromatic heterocycles. The van der Waals surface area contributed by atoms with Gasteiger partial charge in [0.2, 0.25) is 5.91 Å². The zero-order valence-electron chi connectivity index (χ0n) is 22.1. The Hall–Kier alpha value is -4.17. The molecule has 0 radical (unpaired) electrons. The summed E-state index contributed by atoms with van der Waals surface area (Å²) in [6.45, 7) is -0.322. The predicted molar refractivity (Wildman–Crippen MR) is 141 cm³/mol. The van der Waals surface area contributed by atoms with E-state index in [1.54, 1.807) is 18.2 Å². The van der Waals surface area contributed by atoms with Crippen molar-refractivity contribution >= 4 is 38.8 Å². The molecule has 1 aliphatic carbocycles. The molecule has 3 fully saturated rings. The van der Waals surface area contributed by atoms with Gasteiger partial charge in [0.1, 0.15) is 23.4 Å². The zero-order valence-corrected chi connectivity index (χ0v) is 22.9. The molecule has 3 unspecified atom stereocenters. The number of aromatic nitrogens is 1. The Balaban J connectivity index is 1.17. The van der Waals surface area contributed by atoms with Crippen LogP contribution in [0.3, 0.4) is 0 Å². The second-order valence-corrected chi connectivity index (χ2v) is 12.3. The lowest BCUT2D eigenvalue weighted by Gasteiger charge is -2.28. The molecule has 4 heterocycles. The zero-order chi connectivity index (χ0) is 28.9. The number of likely N-dealkylation sites (tertiary alicyclic amines) is 1. The maximum Gasteiger partial charge on any atom is 0.415 e. The van der Waals surface area contributed by atoms with Crippen molar-refractivity contribution < 1.29 is 41.4 Å². The molecule has 1 N–H and O–H groups in total. The van der Waals surface area contributed by atoms with Crippen molar-refractivity contribution in [3.05, 3.63) is 53.9 Å². The second kappa shape index (κ2) is 10.3. The molecule has 6 rings (SSSR count). The molecule has 41 heavy (non-hydrogen) atoms. The van der Waals surface area contributed by atoms with Gasteiger partial charge in [-0.2, -0.15) is 9.04 Å². The lowest BCUT2D eigenvalue weighted by molar-refractivity contribution is -0.646. The van der Waals surface area contributed by atoms with Crippen LogP contribution in [0.5, 0.6) is 11.7 Å². The van der Waals surface area contributed by atoms with Gasteiger partial charge in [-0.25, -0.2) is 13.2 Å². The number of hydrogen-bond donors (Lipinski definition) is 1. The summed E-state index contributed by atoms with van der Waals surface area (Å²) in [7, 11) is -2.75. The number of amides is 2. The van der Waals surface area contributed by atoms with Crippen molar-refractivity contribution in [1.82, 2.24) is 14.5 Å². The van der Waals surface area contributed by atoms with Crippen LogP contribution >= 0.6 is 0 Å². The van der Waals surface area contributed by atoms with E-state index >= 15 is 0 Å². The van der Waals surface area contributed by atoms with E-state index in [4.69, 9.17) is 13.9 Å². The monoisotopic (exact) mass is 584 g/mol. The van der Waals surface area contributed by atoms with Crippen molar-refractivity contribution in [1.29, 1.82) is 0 Å². The number of fused-ring (bicyclic) bond motifs is 2. The number of nitrogens with zero attached hydrogens (tertiary/aromatic N) is 3. The lowest BCUT2D eigenvalue weighted by atomic mass is 10.1. The van der Waals surface area contributed by atoms with Crippen LogP contribution < -0.4 is 19.5 Å². The first kappa shape index (κ1) is 27.0. The molecule has 2 aliphatic heterocycles. The molecule has 0 bridgehead atoms. The summed E-state index contributed by atoms with van der Waals surface area (Å²) < 4.78 is 43.9. The van der Waals surface area contributed by atoms with Crippen LogP contribution in [0.15, 0.2) is 58.1 Å². The Morgan fingerprint density at radius 1 is 1.20 bits per heavy atom. The number of ketones is 1. The summed E-state index contributed by atoms with van der Waals surface area (Å²) in [5.41, 5.74) is 0.486. The number of ether oxygens (including phenoxy) is 2. The number of rotatable bonds is 8. The van der Waals surface area contributed by atoms with Gasteiger partial charge in [-0.3, -0.25) is 9.59 Å². The van der Waals surface area contributed by atoms with E-state index in [1.165, 1.54) is 36.3 Å². The number of carbonyl (C=O) groups is 3. The Labute approximate surface area is 235 Å². The normalized spacial score (nSPS) is 21.6. The minimum atomic E-state index is -4.29. The molecule has 3 aliphatic rings. The molecule has 14 heteroatoms. The number of sulfonamides is 1. The smallest absolute Gasteiger partial charge is 0.415 e. The van der Waals surface area contributed by atoms with E-state index in [1.807, 2.05) is 0 Å². The van der Waals surface area contributed by atoms with E-state index in [0.29, 0.717) is 23.1 Å². The number of Topliss-reactive ketones (excluding diaryl/α,β-unsaturated/α-hetero) is 1. The highest BCUT2D eigenvalue weighted by molar-refractivity contribution is 7.89. The van der Waals surface area contributed by atoms with Gasteiger partial charge >= 0.3 is 21.1 Å². The fourth-order valence-electron chi connectivity index (χ4n) is 5.62. The van der Waals surface area contributed by atoms with Gasteiger partial charge in [-0.05, 0) is 43.0 Å². The molecule has 3 atom stereocenters. The number of furan rings is 1. The van der Waals surface area contributed by atoms with E-state index in [0.717, 1.165) is 23.3 Å². The fraction of sp³-hybridized carbons (Fsp3) is 0.407. The maximum absolute atomic E-state index is 13.7. The highest BCUT2D eigenvalue weighted by Gasteiger charge is 2.55. The van der Waals surface area contributed by atoms with E-state index in [9.17, 15) is 28.0 Å². The summed E-state index contributed by atoms with van der Waals surface area (Å²) in [6.07, 6.45) is 2.58. The van der Waals surface area contributed by atoms with Crippen LogP contribution in [-0.4, -0.2) is 73.7 Å². The van der Waals surface area contributed by atoms with Gasteiger partial charge in [-0.1, -0.05) is 12.8 Å². The summed E-state index contributed by atoms with van der Waals surface area (Å²) in [5.74, 6) is -0.140. The van der Waals surface area contributed by atoms with E-state index in [2.05, 4.69) is 5.32 Å². The second-order valence-electron chi connectivity index (χ2n) is 10.4. The molecular formula is C27H28N4O9S. The fourth-order valence-corrected chi connectivity index (χ4v) is 7.27. The summed E-state index contributed by atoms with van der Waals surface area (Å²) in [6, 6.07) is 7.86. The number of hydrogen-bond acceptors (Lipinski definition) is 9. The third kappa shape index (κ3) is 5.08. The first-order valence-electron chi connectivity index (χ1n) is 13.2. The van der Waals surface area contributed by atoms with Crippen LogP contribution in [0.1, 0.15) is 25.7 Å². The van der Waals surface area contributed by atoms with E-state index < -0.39 is 57.5 Å². The molecule has 1 aromatic carbocycles. The number of benzene rings is 1. The number of pyridine rings is 1. The molecule has 1 saturated carbocycles. The van der Waals surface area contributed by atoms with Crippen LogP contribution in [-0.2, 0) is 19.6 Å².